The number of aromatic nitrogens is 1. The molecule has 5 nitrogen and oxygen atoms in total. The van der Waals surface area contributed by atoms with Gasteiger partial charge in [0.25, 0.3) is 0 Å². The lowest BCUT2D eigenvalue weighted by Crippen LogP contribution is -2.03. The van der Waals surface area contributed by atoms with Crippen LogP contribution in [-0.4, -0.2) is 30.3 Å². The zero-order valence-corrected chi connectivity index (χ0v) is 9.43. The van der Waals surface area contributed by atoms with E-state index in [1.165, 1.54) is 14.2 Å². The lowest BCUT2D eigenvalue weighted by molar-refractivity contribution is 0.0695. The number of nitrogens with zero attached hydrogens (tertiary/aromatic N) is 1. The predicted octanol–water partition coefficient (Wildman–Crippen LogP) is 1.95. The third-order valence-electron chi connectivity index (χ3n) is 2.50. The van der Waals surface area contributed by atoms with Gasteiger partial charge in [0, 0.05) is 23.2 Å². The Bertz CT molecular complexity index is 580. The van der Waals surface area contributed by atoms with E-state index in [1.54, 1.807) is 24.5 Å². The molecule has 0 amide bonds. The summed E-state index contributed by atoms with van der Waals surface area (Å²) in [5.74, 6) is -0.457. The van der Waals surface area contributed by atoms with Gasteiger partial charge < -0.3 is 14.6 Å². The highest BCUT2D eigenvalue weighted by molar-refractivity contribution is 6.07. The quantitative estimate of drug-likeness (QED) is 0.877. The van der Waals surface area contributed by atoms with Crippen molar-refractivity contribution >= 4 is 16.7 Å². The number of hydrogen-bond acceptors (Lipinski definition) is 4. The lowest BCUT2D eigenvalue weighted by Gasteiger charge is -2.12. The zero-order valence-electron chi connectivity index (χ0n) is 9.43. The minimum Gasteiger partial charge on any atom is -0.493 e. The maximum Gasteiger partial charge on any atom is 0.340 e. The molecule has 88 valence electrons. The summed E-state index contributed by atoms with van der Waals surface area (Å²) in [6, 6.07) is 3.34. The van der Waals surface area contributed by atoms with Gasteiger partial charge in [-0.25, -0.2) is 4.79 Å². The Morgan fingerprint density at radius 3 is 2.71 bits per heavy atom. The SMILES string of the molecule is COc1cc2cnccc2c(C(=O)O)c1OC. The molecule has 0 radical (unpaired) electrons. The van der Waals surface area contributed by atoms with E-state index in [9.17, 15) is 9.90 Å². The van der Waals surface area contributed by atoms with Crippen LogP contribution in [0.3, 0.4) is 0 Å². The van der Waals surface area contributed by atoms with Crippen LogP contribution in [0, 0.1) is 0 Å². The second kappa shape index (κ2) is 4.29. The molecule has 0 saturated heterocycles. The third-order valence-corrected chi connectivity index (χ3v) is 2.50. The van der Waals surface area contributed by atoms with Gasteiger partial charge in [-0.1, -0.05) is 0 Å². The predicted molar refractivity (Wildman–Crippen MR) is 61.8 cm³/mol. The highest BCUT2D eigenvalue weighted by Crippen LogP contribution is 2.36. The number of carbonyl (C=O) groups is 1. The van der Waals surface area contributed by atoms with Crippen molar-refractivity contribution in [1.82, 2.24) is 4.98 Å². The first-order valence-corrected chi connectivity index (χ1v) is 4.91. The molecule has 0 saturated carbocycles. The van der Waals surface area contributed by atoms with E-state index in [-0.39, 0.29) is 11.3 Å². The fourth-order valence-corrected chi connectivity index (χ4v) is 1.77. The Morgan fingerprint density at radius 1 is 1.35 bits per heavy atom. The van der Waals surface area contributed by atoms with Crippen LogP contribution >= 0.6 is 0 Å². The highest BCUT2D eigenvalue weighted by atomic mass is 16.5. The van der Waals surface area contributed by atoms with Crippen molar-refractivity contribution in [3.63, 3.8) is 0 Å². The third kappa shape index (κ3) is 1.75. The Balaban J connectivity index is 2.90. The first-order chi connectivity index (χ1) is 8.19. The van der Waals surface area contributed by atoms with Gasteiger partial charge in [-0.2, -0.15) is 0 Å². The second-order valence-electron chi connectivity index (χ2n) is 3.39. The molecule has 0 atom stereocenters. The minimum absolute atomic E-state index is 0.0873. The molecule has 2 rings (SSSR count). The Hall–Kier alpha value is -2.30. The van der Waals surface area contributed by atoms with Crippen LogP contribution in [0.25, 0.3) is 10.8 Å². The van der Waals surface area contributed by atoms with Gasteiger partial charge in [0.05, 0.1) is 14.2 Å². The summed E-state index contributed by atoms with van der Waals surface area (Å²) in [6.45, 7) is 0. The van der Waals surface area contributed by atoms with E-state index >= 15 is 0 Å². The molecular weight excluding hydrogens is 222 g/mol. The van der Waals surface area contributed by atoms with Crippen molar-refractivity contribution in [3.8, 4) is 11.5 Å². The number of methoxy groups -OCH3 is 2. The fraction of sp³-hybridized carbons (Fsp3) is 0.167. The molecule has 0 fully saturated rings. The number of hydrogen-bond donors (Lipinski definition) is 1. The van der Waals surface area contributed by atoms with Crippen LogP contribution in [-0.2, 0) is 0 Å². The van der Waals surface area contributed by atoms with Gasteiger partial charge in [-0.15, -0.1) is 0 Å². The number of pyridine rings is 1. The molecule has 0 aliphatic rings. The van der Waals surface area contributed by atoms with E-state index in [0.717, 1.165) is 0 Å². The molecule has 17 heavy (non-hydrogen) atoms. The number of rotatable bonds is 3. The minimum atomic E-state index is -1.06. The first kappa shape index (κ1) is 11.2. The van der Waals surface area contributed by atoms with Crippen molar-refractivity contribution in [2.75, 3.05) is 14.2 Å². The van der Waals surface area contributed by atoms with Gasteiger partial charge in [-0.05, 0) is 12.1 Å². The number of carboxylic acid groups (broad SMARTS) is 1. The molecule has 1 aromatic heterocycles. The van der Waals surface area contributed by atoms with Crippen molar-refractivity contribution in [1.29, 1.82) is 0 Å². The second-order valence-corrected chi connectivity index (χ2v) is 3.39. The molecule has 0 aliphatic heterocycles. The number of aromatic carboxylic acids is 1. The van der Waals surface area contributed by atoms with E-state index < -0.39 is 5.97 Å². The zero-order chi connectivity index (χ0) is 12.4. The highest BCUT2D eigenvalue weighted by Gasteiger charge is 2.20. The lowest BCUT2D eigenvalue weighted by atomic mass is 10.0. The van der Waals surface area contributed by atoms with E-state index in [2.05, 4.69) is 4.98 Å². The molecule has 0 bridgehead atoms. The van der Waals surface area contributed by atoms with Crippen LogP contribution in [0.15, 0.2) is 24.5 Å². The molecule has 0 aliphatic carbocycles. The van der Waals surface area contributed by atoms with Crippen LogP contribution in [0.1, 0.15) is 10.4 Å². The molecule has 1 aromatic carbocycles. The van der Waals surface area contributed by atoms with Gasteiger partial charge in [0.15, 0.2) is 11.5 Å². The Morgan fingerprint density at radius 2 is 2.12 bits per heavy atom. The van der Waals surface area contributed by atoms with Gasteiger partial charge in [0.2, 0.25) is 0 Å². The summed E-state index contributed by atoms with van der Waals surface area (Å²) in [4.78, 5) is 15.3. The van der Waals surface area contributed by atoms with Crippen molar-refractivity contribution in [2.24, 2.45) is 0 Å². The van der Waals surface area contributed by atoms with Crippen molar-refractivity contribution < 1.29 is 19.4 Å². The van der Waals surface area contributed by atoms with Gasteiger partial charge in [0.1, 0.15) is 5.56 Å². The Kier molecular flexibility index (Phi) is 2.82. The average Bonchev–Trinajstić information content (AvgIpc) is 2.35. The summed E-state index contributed by atoms with van der Waals surface area (Å²) >= 11 is 0. The van der Waals surface area contributed by atoms with Crippen LogP contribution in [0.4, 0.5) is 0 Å². The monoisotopic (exact) mass is 233 g/mol. The van der Waals surface area contributed by atoms with Gasteiger partial charge >= 0.3 is 5.97 Å². The molecule has 2 aromatic rings. The van der Waals surface area contributed by atoms with Crippen LogP contribution in [0.5, 0.6) is 11.5 Å². The molecule has 1 heterocycles. The van der Waals surface area contributed by atoms with Crippen LogP contribution < -0.4 is 9.47 Å². The summed E-state index contributed by atoms with van der Waals surface area (Å²) in [5, 5.41) is 10.5. The standard InChI is InChI=1S/C12H11NO4/c1-16-9-5-7-6-13-4-3-8(7)10(12(14)15)11(9)17-2/h3-6H,1-2H3,(H,14,15). The van der Waals surface area contributed by atoms with Crippen molar-refractivity contribution in [2.45, 2.75) is 0 Å². The normalized spacial score (nSPS) is 10.2. The topological polar surface area (TPSA) is 68.7 Å². The molecule has 1 N–H and O–H groups in total. The smallest absolute Gasteiger partial charge is 0.340 e. The van der Waals surface area contributed by atoms with E-state index in [4.69, 9.17) is 9.47 Å². The largest absolute Gasteiger partial charge is 0.493 e. The molecule has 0 unspecified atom stereocenters. The summed E-state index contributed by atoms with van der Waals surface area (Å²) in [6.07, 6.45) is 3.13. The molecule has 0 spiro atoms. The van der Waals surface area contributed by atoms with E-state index in [1.807, 2.05) is 0 Å². The Labute approximate surface area is 97.6 Å². The van der Waals surface area contributed by atoms with Gasteiger partial charge in [-0.3, -0.25) is 4.98 Å². The summed E-state index contributed by atoms with van der Waals surface area (Å²) in [7, 11) is 2.88. The molecular formula is C12H11NO4. The maximum atomic E-state index is 11.3. The van der Waals surface area contributed by atoms with E-state index in [0.29, 0.717) is 16.5 Å². The summed E-state index contributed by atoms with van der Waals surface area (Å²) < 4.78 is 10.2. The first-order valence-electron chi connectivity index (χ1n) is 4.91. The number of benzene rings is 1. The summed E-state index contributed by atoms with van der Waals surface area (Å²) in [5.41, 5.74) is 0.0873. The van der Waals surface area contributed by atoms with Crippen molar-refractivity contribution in [3.05, 3.63) is 30.1 Å². The number of carboxylic acids is 1. The maximum absolute atomic E-state index is 11.3. The fourth-order valence-electron chi connectivity index (χ4n) is 1.77. The number of fused-ring (bicyclic) bond motifs is 1. The number of ether oxygens (including phenoxy) is 2. The molecule has 5 heteroatoms. The van der Waals surface area contributed by atoms with Crippen LogP contribution in [0.2, 0.25) is 0 Å². The average molecular weight is 233 g/mol.